The van der Waals surface area contributed by atoms with Gasteiger partial charge in [-0.3, -0.25) is 4.79 Å². The summed E-state index contributed by atoms with van der Waals surface area (Å²) in [6.07, 6.45) is 1.31. The first-order valence-electron chi connectivity index (χ1n) is 4.69. The molecule has 0 spiro atoms. The van der Waals surface area contributed by atoms with Crippen LogP contribution in [0.1, 0.15) is 16.2 Å². The third-order valence-electron chi connectivity index (χ3n) is 2.35. The van der Waals surface area contributed by atoms with Gasteiger partial charge in [0.15, 0.2) is 12.1 Å². The van der Waals surface area contributed by atoms with Crippen LogP contribution >= 0.6 is 0 Å². The number of aryl methyl sites for hydroxylation is 1. The molecule has 1 aliphatic heterocycles. The molecule has 1 aliphatic rings. The molecule has 76 valence electrons. The third-order valence-corrected chi connectivity index (χ3v) is 2.35. The van der Waals surface area contributed by atoms with E-state index in [9.17, 15) is 4.79 Å². The summed E-state index contributed by atoms with van der Waals surface area (Å²) in [4.78, 5) is 17.6. The molecular formula is C9H13N3O2. The zero-order valence-electron chi connectivity index (χ0n) is 8.12. The van der Waals surface area contributed by atoms with Gasteiger partial charge < -0.3 is 14.6 Å². The van der Waals surface area contributed by atoms with Gasteiger partial charge in [-0.2, -0.15) is 0 Å². The van der Waals surface area contributed by atoms with Gasteiger partial charge in [-0.05, 0) is 6.92 Å². The van der Waals surface area contributed by atoms with Gasteiger partial charge >= 0.3 is 0 Å². The van der Waals surface area contributed by atoms with Crippen LogP contribution in [0.4, 0.5) is 0 Å². The Morgan fingerprint density at radius 3 is 2.86 bits per heavy atom. The number of oxazole rings is 1. The molecule has 0 radical (unpaired) electrons. The van der Waals surface area contributed by atoms with E-state index in [4.69, 9.17) is 4.42 Å². The molecule has 1 aromatic rings. The number of piperazine rings is 1. The van der Waals surface area contributed by atoms with E-state index in [1.807, 2.05) is 0 Å². The zero-order chi connectivity index (χ0) is 9.97. The monoisotopic (exact) mass is 195 g/mol. The van der Waals surface area contributed by atoms with Crippen molar-refractivity contribution in [2.45, 2.75) is 6.92 Å². The highest BCUT2D eigenvalue weighted by Crippen LogP contribution is 2.08. The van der Waals surface area contributed by atoms with Gasteiger partial charge in [-0.1, -0.05) is 0 Å². The highest BCUT2D eigenvalue weighted by molar-refractivity contribution is 5.93. The number of carbonyl (C=O) groups is 1. The van der Waals surface area contributed by atoms with Gasteiger partial charge in [0.05, 0.1) is 0 Å². The number of nitrogens with zero attached hydrogens (tertiary/aromatic N) is 2. The number of amides is 1. The number of aromatic nitrogens is 1. The van der Waals surface area contributed by atoms with E-state index in [1.165, 1.54) is 6.39 Å². The van der Waals surface area contributed by atoms with Crippen LogP contribution < -0.4 is 5.32 Å². The van der Waals surface area contributed by atoms with Crippen LogP contribution in [0, 0.1) is 6.92 Å². The number of carbonyl (C=O) groups excluding carboxylic acids is 1. The van der Waals surface area contributed by atoms with Crippen molar-refractivity contribution in [2.75, 3.05) is 26.2 Å². The Morgan fingerprint density at radius 1 is 1.57 bits per heavy atom. The van der Waals surface area contributed by atoms with Gasteiger partial charge in [0.2, 0.25) is 0 Å². The van der Waals surface area contributed by atoms with Crippen LogP contribution in [-0.4, -0.2) is 42.0 Å². The van der Waals surface area contributed by atoms with E-state index in [1.54, 1.807) is 11.8 Å². The second kappa shape index (κ2) is 3.79. The van der Waals surface area contributed by atoms with Gasteiger partial charge in [0.1, 0.15) is 5.76 Å². The Kier molecular flexibility index (Phi) is 2.49. The minimum atomic E-state index is -0.0299. The van der Waals surface area contributed by atoms with Gasteiger partial charge in [0.25, 0.3) is 5.91 Å². The Bertz CT molecular complexity index is 329. The molecule has 2 heterocycles. The first-order valence-corrected chi connectivity index (χ1v) is 4.69. The van der Waals surface area contributed by atoms with Crippen molar-refractivity contribution < 1.29 is 9.21 Å². The summed E-state index contributed by atoms with van der Waals surface area (Å²) in [5.74, 6) is 0.561. The molecule has 1 aromatic heterocycles. The Balaban J connectivity index is 2.11. The maximum Gasteiger partial charge on any atom is 0.276 e. The molecule has 1 N–H and O–H groups in total. The van der Waals surface area contributed by atoms with Gasteiger partial charge in [0, 0.05) is 26.2 Å². The van der Waals surface area contributed by atoms with E-state index in [-0.39, 0.29) is 5.91 Å². The lowest BCUT2D eigenvalue weighted by atomic mass is 10.3. The van der Waals surface area contributed by atoms with Gasteiger partial charge in [-0.25, -0.2) is 4.98 Å². The molecule has 2 rings (SSSR count). The highest BCUT2D eigenvalue weighted by Gasteiger charge is 2.21. The molecule has 0 atom stereocenters. The molecule has 1 amide bonds. The van der Waals surface area contributed by atoms with Crippen LogP contribution in [0.5, 0.6) is 0 Å². The maximum atomic E-state index is 11.9. The van der Waals surface area contributed by atoms with Crippen molar-refractivity contribution in [1.29, 1.82) is 0 Å². The summed E-state index contributed by atoms with van der Waals surface area (Å²) in [6.45, 7) is 4.93. The fourth-order valence-corrected chi connectivity index (χ4v) is 1.53. The summed E-state index contributed by atoms with van der Waals surface area (Å²) in [5, 5.41) is 3.19. The van der Waals surface area contributed by atoms with Gasteiger partial charge in [-0.15, -0.1) is 0 Å². The summed E-state index contributed by atoms with van der Waals surface area (Å²) in [5.41, 5.74) is 0.437. The molecule has 0 saturated carbocycles. The normalized spacial score (nSPS) is 17.1. The fourth-order valence-electron chi connectivity index (χ4n) is 1.53. The minimum Gasteiger partial charge on any atom is -0.448 e. The van der Waals surface area contributed by atoms with E-state index in [0.717, 1.165) is 26.2 Å². The Hall–Kier alpha value is -1.36. The number of nitrogens with one attached hydrogen (secondary N) is 1. The lowest BCUT2D eigenvalue weighted by Gasteiger charge is -2.26. The SMILES string of the molecule is Cc1ocnc1C(=O)N1CCNCC1. The second-order valence-corrected chi connectivity index (χ2v) is 3.30. The first-order chi connectivity index (χ1) is 6.79. The summed E-state index contributed by atoms with van der Waals surface area (Å²) in [7, 11) is 0. The Morgan fingerprint density at radius 2 is 2.29 bits per heavy atom. The van der Waals surface area contributed by atoms with Crippen LogP contribution in [0.3, 0.4) is 0 Å². The molecule has 5 nitrogen and oxygen atoms in total. The van der Waals surface area contributed by atoms with Crippen molar-refractivity contribution in [3.05, 3.63) is 17.8 Å². The number of rotatable bonds is 1. The lowest BCUT2D eigenvalue weighted by molar-refractivity contribution is 0.0729. The zero-order valence-corrected chi connectivity index (χ0v) is 8.12. The van der Waals surface area contributed by atoms with E-state index >= 15 is 0 Å². The summed E-state index contributed by atoms with van der Waals surface area (Å²) in [6, 6.07) is 0. The van der Waals surface area contributed by atoms with E-state index < -0.39 is 0 Å². The Labute approximate surface area is 82.1 Å². The van der Waals surface area contributed by atoms with Crippen molar-refractivity contribution in [2.24, 2.45) is 0 Å². The summed E-state index contributed by atoms with van der Waals surface area (Å²) >= 11 is 0. The molecule has 1 fully saturated rings. The molecule has 0 unspecified atom stereocenters. The smallest absolute Gasteiger partial charge is 0.276 e. The first kappa shape index (κ1) is 9.21. The van der Waals surface area contributed by atoms with Crippen LogP contribution in [0.2, 0.25) is 0 Å². The van der Waals surface area contributed by atoms with Crippen molar-refractivity contribution in [1.82, 2.24) is 15.2 Å². The van der Waals surface area contributed by atoms with E-state index in [2.05, 4.69) is 10.3 Å². The van der Waals surface area contributed by atoms with Crippen molar-refractivity contribution in [3.8, 4) is 0 Å². The fraction of sp³-hybridized carbons (Fsp3) is 0.556. The molecule has 0 aliphatic carbocycles. The molecule has 0 aromatic carbocycles. The lowest BCUT2D eigenvalue weighted by Crippen LogP contribution is -2.46. The summed E-state index contributed by atoms with van der Waals surface area (Å²) < 4.78 is 5.00. The quantitative estimate of drug-likeness (QED) is 0.686. The van der Waals surface area contributed by atoms with Crippen LogP contribution in [-0.2, 0) is 0 Å². The van der Waals surface area contributed by atoms with Crippen LogP contribution in [0.15, 0.2) is 10.8 Å². The second-order valence-electron chi connectivity index (χ2n) is 3.30. The van der Waals surface area contributed by atoms with E-state index in [0.29, 0.717) is 11.5 Å². The predicted molar refractivity (Wildman–Crippen MR) is 50.0 cm³/mol. The molecule has 5 heteroatoms. The van der Waals surface area contributed by atoms with Crippen LogP contribution in [0.25, 0.3) is 0 Å². The molecule has 0 bridgehead atoms. The molecule has 1 saturated heterocycles. The largest absolute Gasteiger partial charge is 0.448 e. The average molecular weight is 195 g/mol. The molecule has 14 heavy (non-hydrogen) atoms. The number of hydrogen-bond donors (Lipinski definition) is 1. The highest BCUT2D eigenvalue weighted by atomic mass is 16.3. The van der Waals surface area contributed by atoms with Crippen molar-refractivity contribution in [3.63, 3.8) is 0 Å². The molecular weight excluding hydrogens is 182 g/mol. The minimum absolute atomic E-state index is 0.0299. The topological polar surface area (TPSA) is 58.4 Å². The maximum absolute atomic E-state index is 11.9. The average Bonchev–Trinajstić information content (AvgIpc) is 2.65. The standard InChI is InChI=1S/C9H13N3O2/c1-7-8(11-6-14-7)9(13)12-4-2-10-3-5-12/h6,10H,2-5H2,1H3. The number of hydrogen-bond acceptors (Lipinski definition) is 4. The van der Waals surface area contributed by atoms with Crippen molar-refractivity contribution >= 4 is 5.91 Å². The third kappa shape index (κ3) is 1.63. The predicted octanol–water partition coefficient (Wildman–Crippen LogP) is 0.0284.